The molecule has 0 aliphatic carbocycles. The Balaban J connectivity index is 2.64. The number of nitro groups is 1. The number of nitrogens with zero attached hydrogens (tertiary/aromatic N) is 3. The van der Waals surface area contributed by atoms with E-state index in [1.165, 1.54) is 6.07 Å². The number of hydrogen-bond donors (Lipinski definition) is 0. The van der Waals surface area contributed by atoms with Crippen LogP contribution in [0.1, 0.15) is 0 Å². The monoisotopic (exact) mass is 243 g/mol. The lowest BCUT2D eigenvalue weighted by atomic mass is 10.1. The van der Waals surface area contributed by atoms with Gasteiger partial charge in [-0.3, -0.25) is 10.1 Å². The van der Waals surface area contributed by atoms with Gasteiger partial charge in [0.2, 0.25) is 0 Å². The molecule has 18 heavy (non-hydrogen) atoms. The predicted molar refractivity (Wildman–Crippen MR) is 72.4 cm³/mol. The first-order valence-electron chi connectivity index (χ1n) is 5.46. The van der Waals surface area contributed by atoms with Gasteiger partial charge in [0.15, 0.2) is 0 Å². The molecule has 0 spiro atoms. The Labute approximate surface area is 105 Å². The Bertz CT molecular complexity index is 621. The maximum atomic E-state index is 11.0. The van der Waals surface area contributed by atoms with E-state index in [-0.39, 0.29) is 10.6 Å². The summed E-state index contributed by atoms with van der Waals surface area (Å²) in [4.78, 5) is 16.7. The third-order valence-electron chi connectivity index (χ3n) is 2.50. The van der Waals surface area contributed by atoms with Crippen molar-refractivity contribution in [3.8, 4) is 0 Å². The highest BCUT2D eigenvalue weighted by atomic mass is 16.6. The zero-order chi connectivity index (χ0) is 13.1. The molecule has 0 radical (unpaired) electrons. The smallest absolute Gasteiger partial charge is 0.277 e. The number of fused-ring (bicyclic) bond motifs is 1. The van der Waals surface area contributed by atoms with Crippen LogP contribution in [0.4, 0.5) is 11.4 Å². The zero-order valence-electron chi connectivity index (χ0n) is 10.2. The van der Waals surface area contributed by atoms with E-state index in [4.69, 9.17) is 0 Å². The van der Waals surface area contributed by atoms with Crippen LogP contribution in [0.3, 0.4) is 0 Å². The van der Waals surface area contributed by atoms with E-state index in [2.05, 4.69) is 4.99 Å². The number of aliphatic imine (C=N–C) groups is 1. The average molecular weight is 243 g/mol. The summed E-state index contributed by atoms with van der Waals surface area (Å²) < 4.78 is 0. The predicted octanol–water partition coefficient (Wildman–Crippen LogP) is 2.97. The minimum Gasteiger partial charge on any atom is -0.369 e. The maximum Gasteiger partial charge on any atom is 0.277 e. The van der Waals surface area contributed by atoms with Crippen LogP contribution in [0.15, 0.2) is 41.4 Å². The van der Waals surface area contributed by atoms with Gasteiger partial charge < -0.3 is 4.90 Å². The van der Waals surface area contributed by atoms with Gasteiger partial charge in [-0.15, -0.1) is 0 Å². The SMILES string of the molecule is CN(C)C=Nc1ccc([N+](=O)[O-])c2ccccc12. The van der Waals surface area contributed by atoms with Gasteiger partial charge in [0.05, 0.1) is 22.3 Å². The quantitative estimate of drug-likeness (QED) is 0.360. The van der Waals surface area contributed by atoms with Gasteiger partial charge in [-0.1, -0.05) is 18.2 Å². The molecule has 2 aromatic rings. The summed E-state index contributed by atoms with van der Waals surface area (Å²) in [6, 6.07) is 10.4. The van der Waals surface area contributed by atoms with E-state index in [9.17, 15) is 10.1 Å². The second-order valence-electron chi connectivity index (χ2n) is 4.11. The molecule has 0 saturated heterocycles. The molecule has 0 aromatic heterocycles. The summed E-state index contributed by atoms with van der Waals surface area (Å²) in [7, 11) is 3.74. The molecular formula is C13H13N3O2. The molecule has 0 fully saturated rings. The van der Waals surface area contributed by atoms with E-state index in [1.807, 2.05) is 31.1 Å². The average Bonchev–Trinajstić information content (AvgIpc) is 2.35. The van der Waals surface area contributed by atoms with Crippen LogP contribution >= 0.6 is 0 Å². The number of benzene rings is 2. The highest BCUT2D eigenvalue weighted by Crippen LogP contribution is 2.32. The largest absolute Gasteiger partial charge is 0.369 e. The van der Waals surface area contributed by atoms with E-state index < -0.39 is 0 Å². The van der Waals surface area contributed by atoms with Crippen molar-refractivity contribution in [2.45, 2.75) is 0 Å². The Morgan fingerprint density at radius 3 is 2.44 bits per heavy atom. The van der Waals surface area contributed by atoms with Gasteiger partial charge in [0.1, 0.15) is 0 Å². The summed E-state index contributed by atoms with van der Waals surface area (Å²) in [6.07, 6.45) is 1.67. The third-order valence-corrected chi connectivity index (χ3v) is 2.50. The second kappa shape index (κ2) is 4.83. The first-order valence-corrected chi connectivity index (χ1v) is 5.46. The molecule has 0 saturated carbocycles. The number of hydrogen-bond acceptors (Lipinski definition) is 3. The maximum absolute atomic E-state index is 11.0. The van der Waals surface area contributed by atoms with Crippen LogP contribution in [0, 0.1) is 10.1 Å². The minimum absolute atomic E-state index is 0.106. The van der Waals surface area contributed by atoms with Gasteiger partial charge in [-0.05, 0) is 12.1 Å². The molecule has 0 amide bonds. The summed E-state index contributed by atoms with van der Waals surface area (Å²) in [5.74, 6) is 0. The van der Waals surface area contributed by atoms with Crippen LogP contribution in [-0.2, 0) is 0 Å². The molecule has 5 nitrogen and oxygen atoms in total. The molecular weight excluding hydrogens is 230 g/mol. The van der Waals surface area contributed by atoms with Crippen molar-refractivity contribution in [1.29, 1.82) is 0 Å². The van der Waals surface area contributed by atoms with Crippen molar-refractivity contribution in [3.63, 3.8) is 0 Å². The first-order chi connectivity index (χ1) is 8.59. The third kappa shape index (κ3) is 2.29. The van der Waals surface area contributed by atoms with Gasteiger partial charge >= 0.3 is 0 Å². The molecule has 0 atom stereocenters. The van der Waals surface area contributed by atoms with Crippen molar-refractivity contribution in [3.05, 3.63) is 46.5 Å². The van der Waals surface area contributed by atoms with Crippen molar-refractivity contribution in [2.75, 3.05) is 14.1 Å². The lowest BCUT2D eigenvalue weighted by Crippen LogP contribution is -2.07. The van der Waals surface area contributed by atoms with E-state index in [0.29, 0.717) is 5.39 Å². The molecule has 0 aliphatic heterocycles. The molecule has 2 aromatic carbocycles. The van der Waals surface area contributed by atoms with Crippen molar-refractivity contribution < 1.29 is 4.92 Å². The number of non-ortho nitro benzene ring substituents is 1. The fourth-order valence-corrected chi connectivity index (χ4v) is 1.72. The molecule has 0 aliphatic rings. The summed E-state index contributed by atoms with van der Waals surface area (Å²) in [5, 5.41) is 12.3. The standard InChI is InChI=1S/C13H13N3O2/c1-15(2)9-14-12-7-8-13(16(17)18)11-6-4-3-5-10(11)12/h3-9H,1-2H3. The van der Waals surface area contributed by atoms with Gasteiger partial charge in [0.25, 0.3) is 5.69 Å². The lowest BCUT2D eigenvalue weighted by Gasteiger charge is -2.05. The van der Waals surface area contributed by atoms with Crippen LogP contribution in [0.2, 0.25) is 0 Å². The second-order valence-corrected chi connectivity index (χ2v) is 4.11. The number of nitro benzene ring substituents is 1. The number of rotatable bonds is 3. The zero-order valence-corrected chi connectivity index (χ0v) is 10.2. The first kappa shape index (κ1) is 12.0. The molecule has 0 bridgehead atoms. The van der Waals surface area contributed by atoms with E-state index in [0.717, 1.165) is 11.1 Å². The highest BCUT2D eigenvalue weighted by Gasteiger charge is 2.12. The molecule has 0 N–H and O–H groups in total. The van der Waals surface area contributed by atoms with Gasteiger partial charge in [0, 0.05) is 25.5 Å². The van der Waals surface area contributed by atoms with Crippen LogP contribution in [0.25, 0.3) is 10.8 Å². The van der Waals surface area contributed by atoms with Crippen LogP contribution in [0.5, 0.6) is 0 Å². The molecule has 5 heteroatoms. The fraction of sp³-hybridized carbons (Fsp3) is 0.154. The topological polar surface area (TPSA) is 58.7 Å². The van der Waals surface area contributed by atoms with Crippen LogP contribution in [-0.4, -0.2) is 30.3 Å². The lowest BCUT2D eigenvalue weighted by molar-refractivity contribution is -0.383. The normalized spacial score (nSPS) is 11.0. The summed E-state index contributed by atoms with van der Waals surface area (Å²) in [5.41, 5.74) is 0.833. The summed E-state index contributed by atoms with van der Waals surface area (Å²) >= 11 is 0. The van der Waals surface area contributed by atoms with E-state index in [1.54, 1.807) is 24.5 Å². The van der Waals surface area contributed by atoms with Crippen LogP contribution < -0.4 is 0 Å². The molecule has 92 valence electrons. The van der Waals surface area contributed by atoms with E-state index >= 15 is 0 Å². The molecule has 0 heterocycles. The Morgan fingerprint density at radius 1 is 1.17 bits per heavy atom. The van der Waals surface area contributed by atoms with Crippen molar-refractivity contribution in [1.82, 2.24) is 4.90 Å². The minimum atomic E-state index is -0.373. The fourth-order valence-electron chi connectivity index (χ4n) is 1.72. The Hall–Kier alpha value is -2.43. The molecule has 0 unspecified atom stereocenters. The summed E-state index contributed by atoms with van der Waals surface area (Å²) in [6.45, 7) is 0. The van der Waals surface area contributed by atoms with Crippen molar-refractivity contribution >= 4 is 28.5 Å². The van der Waals surface area contributed by atoms with Gasteiger partial charge in [-0.25, -0.2) is 4.99 Å². The molecule has 2 rings (SSSR count). The highest BCUT2D eigenvalue weighted by molar-refractivity contribution is 5.99. The van der Waals surface area contributed by atoms with Crippen molar-refractivity contribution in [2.24, 2.45) is 4.99 Å². The van der Waals surface area contributed by atoms with Gasteiger partial charge in [-0.2, -0.15) is 0 Å². The Morgan fingerprint density at radius 2 is 1.83 bits per heavy atom. The Kier molecular flexibility index (Phi) is 3.23.